The van der Waals surface area contributed by atoms with Crippen LogP contribution in [0, 0.1) is 24.0 Å². The molecule has 0 aromatic heterocycles. The third-order valence-electron chi connectivity index (χ3n) is 3.23. The molecule has 0 radical (unpaired) electrons. The maximum absolute atomic E-state index is 11.2. The lowest BCUT2D eigenvalue weighted by atomic mass is 10.1. The summed E-state index contributed by atoms with van der Waals surface area (Å²) >= 11 is 0. The van der Waals surface area contributed by atoms with E-state index in [9.17, 15) is 14.9 Å². The Morgan fingerprint density at radius 2 is 1.90 bits per heavy atom. The smallest absolute Gasteiger partial charge is 0.342 e. The zero-order chi connectivity index (χ0) is 15.6. The van der Waals surface area contributed by atoms with Crippen LogP contribution in [-0.4, -0.2) is 16.0 Å². The fourth-order valence-electron chi connectivity index (χ4n) is 1.99. The van der Waals surface area contributed by atoms with Gasteiger partial charge in [-0.05, 0) is 49.2 Å². The summed E-state index contributed by atoms with van der Waals surface area (Å²) in [6.07, 6.45) is 0. The normalized spacial score (nSPS) is 10.2. The molecular formula is C15H14N2O4. The molecule has 0 aliphatic heterocycles. The molecule has 108 valence electrons. The lowest BCUT2D eigenvalue weighted by Crippen LogP contribution is -2.05. The monoisotopic (exact) mass is 286 g/mol. The van der Waals surface area contributed by atoms with Gasteiger partial charge < -0.3 is 10.4 Å². The van der Waals surface area contributed by atoms with E-state index in [4.69, 9.17) is 5.11 Å². The molecule has 0 bridgehead atoms. The second kappa shape index (κ2) is 5.62. The Balaban J connectivity index is 2.48. The number of nitro groups is 1. The number of aryl methyl sites for hydroxylation is 2. The summed E-state index contributed by atoms with van der Waals surface area (Å²) in [5.74, 6) is -1.33. The minimum absolute atomic E-state index is 0.156. The van der Waals surface area contributed by atoms with E-state index in [1.54, 1.807) is 6.07 Å². The lowest BCUT2D eigenvalue weighted by molar-refractivity contribution is -0.384. The number of anilines is 2. The molecule has 0 unspecified atom stereocenters. The number of para-hydroxylation sites is 1. The number of hydrogen-bond acceptors (Lipinski definition) is 4. The van der Waals surface area contributed by atoms with Crippen LogP contribution in [0.1, 0.15) is 21.5 Å². The van der Waals surface area contributed by atoms with Gasteiger partial charge in [0.2, 0.25) is 0 Å². The van der Waals surface area contributed by atoms with Gasteiger partial charge >= 0.3 is 11.7 Å². The minimum atomic E-state index is -1.33. The van der Waals surface area contributed by atoms with Crippen LogP contribution in [-0.2, 0) is 0 Å². The van der Waals surface area contributed by atoms with E-state index in [2.05, 4.69) is 5.32 Å². The summed E-state index contributed by atoms with van der Waals surface area (Å²) in [6, 6.07) is 9.71. The van der Waals surface area contributed by atoms with Crippen LogP contribution in [0.3, 0.4) is 0 Å². The minimum Gasteiger partial charge on any atom is -0.477 e. The molecular weight excluding hydrogens is 272 g/mol. The number of aromatic carboxylic acids is 1. The number of rotatable bonds is 4. The molecule has 6 nitrogen and oxygen atoms in total. The maximum atomic E-state index is 11.2. The van der Waals surface area contributed by atoms with Crippen LogP contribution in [0.2, 0.25) is 0 Å². The van der Waals surface area contributed by atoms with Crippen molar-refractivity contribution < 1.29 is 14.8 Å². The number of nitrogens with one attached hydrogen (secondary N) is 1. The van der Waals surface area contributed by atoms with Crippen molar-refractivity contribution in [2.45, 2.75) is 13.8 Å². The molecule has 2 aromatic carbocycles. The van der Waals surface area contributed by atoms with Gasteiger partial charge in [0.05, 0.1) is 4.92 Å². The lowest BCUT2D eigenvalue weighted by Gasteiger charge is -2.10. The van der Waals surface area contributed by atoms with Crippen LogP contribution < -0.4 is 5.32 Å². The third kappa shape index (κ3) is 3.00. The van der Waals surface area contributed by atoms with Gasteiger partial charge in [0, 0.05) is 5.69 Å². The summed E-state index contributed by atoms with van der Waals surface area (Å²) < 4.78 is 0. The topological polar surface area (TPSA) is 92.5 Å². The molecule has 21 heavy (non-hydrogen) atoms. The first kappa shape index (κ1) is 14.5. The van der Waals surface area contributed by atoms with Crippen molar-refractivity contribution in [3.05, 3.63) is 63.2 Å². The molecule has 0 amide bonds. The van der Waals surface area contributed by atoms with Crippen molar-refractivity contribution in [1.82, 2.24) is 0 Å². The Labute approximate surface area is 121 Å². The van der Waals surface area contributed by atoms with Gasteiger partial charge in [-0.1, -0.05) is 12.1 Å². The van der Waals surface area contributed by atoms with Crippen molar-refractivity contribution in [2.75, 3.05) is 5.32 Å². The molecule has 0 saturated carbocycles. The number of nitro benzene ring substituents is 1. The van der Waals surface area contributed by atoms with Crippen molar-refractivity contribution in [1.29, 1.82) is 0 Å². The third-order valence-corrected chi connectivity index (χ3v) is 3.23. The van der Waals surface area contributed by atoms with Gasteiger partial charge in [-0.3, -0.25) is 10.1 Å². The molecule has 6 heteroatoms. The molecule has 0 spiro atoms. The SMILES string of the molecule is Cc1ccc(Nc2cccc(C(=O)O)c2[N+](=O)[O-])cc1C. The van der Waals surface area contributed by atoms with E-state index in [0.717, 1.165) is 11.1 Å². The number of carbonyl (C=O) groups is 1. The van der Waals surface area contributed by atoms with Gasteiger partial charge in [0.1, 0.15) is 11.3 Å². The molecule has 2 rings (SSSR count). The fourth-order valence-corrected chi connectivity index (χ4v) is 1.99. The number of nitrogens with zero attached hydrogens (tertiary/aromatic N) is 1. The van der Waals surface area contributed by atoms with Crippen LogP contribution in [0.5, 0.6) is 0 Å². The highest BCUT2D eigenvalue weighted by Crippen LogP contribution is 2.31. The Kier molecular flexibility index (Phi) is 3.89. The molecule has 0 aliphatic carbocycles. The zero-order valence-electron chi connectivity index (χ0n) is 11.6. The first-order valence-electron chi connectivity index (χ1n) is 6.25. The Hall–Kier alpha value is -2.89. The second-order valence-corrected chi connectivity index (χ2v) is 4.69. The van der Waals surface area contributed by atoms with Crippen molar-refractivity contribution in [3.8, 4) is 0 Å². The maximum Gasteiger partial charge on any atom is 0.342 e. The number of benzene rings is 2. The Morgan fingerprint density at radius 3 is 2.48 bits per heavy atom. The first-order valence-corrected chi connectivity index (χ1v) is 6.25. The van der Waals surface area contributed by atoms with E-state index in [-0.39, 0.29) is 11.3 Å². The first-order chi connectivity index (χ1) is 9.90. The highest BCUT2D eigenvalue weighted by Gasteiger charge is 2.24. The van der Waals surface area contributed by atoms with E-state index < -0.39 is 16.6 Å². The summed E-state index contributed by atoms with van der Waals surface area (Å²) in [5.41, 5.74) is 2.19. The second-order valence-electron chi connectivity index (χ2n) is 4.69. The number of carboxylic acids is 1. The largest absolute Gasteiger partial charge is 0.477 e. The Morgan fingerprint density at radius 1 is 1.19 bits per heavy atom. The average Bonchev–Trinajstić information content (AvgIpc) is 2.42. The van der Waals surface area contributed by atoms with Crippen molar-refractivity contribution in [3.63, 3.8) is 0 Å². The number of carboxylic acid groups (broad SMARTS) is 1. The summed E-state index contributed by atoms with van der Waals surface area (Å²) in [5, 5.41) is 23.1. The van der Waals surface area contributed by atoms with Crippen molar-refractivity contribution >= 4 is 23.0 Å². The highest BCUT2D eigenvalue weighted by molar-refractivity contribution is 5.96. The van der Waals surface area contributed by atoms with Gasteiger partial charge in [-0.2, -0.15) is 0 Å². The van der Waals surface area contributed by atoms with E-state index >= 15 is 0 Å². The van der Waals surface area contributed by atoms with E-state index in [0.29, 0.717) is 5.69 Å². The number of hydrogen-bond donors (Lipinski definition) is 2. The van der Waals surface area contributed by atoms with Crippen LogP contribution in [0.4, 0.5) is 17.1 Å². The highest BCUT2D eigenvalue weighted by atomic mass is 16.6. The van der Waals surface area contributed by atoms with Crippen LogP contribution in [0.15, 0.2) is 36.4 Å². The van der Waals surface area contributed by atoms with Gasteiger partial charge in [-0.15, -0.1) is 0 Å². The summed E-state index contributed by atoms with van der Waals surface area (Å²) in [4.78, 5) is 21.6. The molecule has 0 atom stereocenters. The molecule has 0 heterocycles. The molecule has 0 fully saturated rings. The molecule has 2 N–H and O–H groups in total. The molecule has 2 aromatic rings. The van der Waals surface area contributed by atoms with Crippen molar-refractivity contribution in [2.24, 2.45) is 0 Å². The van der Waals surface area contributed by atoms with Crippen LogP contribution >= 0.6 is 0 Å². The average molecular weight is 286 g/mol. The zero-order valence-corrected chi connectivity index (χ0v) is 11.6. The van der Waals surface area contributed by atoms with Crippen LogP contribution in [0.25, 0.3) is 0 Å². The fraction of sp³-hybridized carbons (Fsp3) is 0.133. The van der Waals surface area contributed by atoms with E-state index in [1.807, 2.05) is 26.0 Å². The van der Waals surface area contributed by atoms with Gasteiger partial charge in [0.25, 0.3) is 0 Å². The predicted octanol–water partition coefficient (Wildman–Crippen LogP) is 3.65. The predicted molar refractivity (Wildman–Crippen MR) is 79.3 cm³/mol. The van der Waals surface area contributed by atoms with E-state index in [1.165, 1.54) is 18.2 Å². The summed E-state index contributed by atoms with van der Waals surface area (Å²) in [7, 11) is 0. The van der Waals surface area contributed by atoms with Gasteiger partial charge in [0.15, 0.2) is 0 Å². The quantitative estimate of drug-likeness (QED) is 0.661. The standard InChI is InChI=1S/C15H14N2O4/c1-9-6-7-11(8-10(9)2)16-13-5-3-4-12(15(18)19)14(13)17(20)21/h3-8,16H,1-2H3,(H,18,19). The molecule has 0 aliphatic rings. The Bertz CT molecular complexity index is 726. The van der Waals surface area contributed by atoms with Gasteiger partial charge in [-0.25, -0.2) is 4.79 Å². The molecule has 0 saturated heterocycles. The summed E-state index contributed by atoms with van der Waals surface area (Å²) in [6.45, 7) is 3.90.